The predicted molar refractivity (Wildman–Crippen MR) is 1.37 cm³/mol. The topological polar surface area (TPSA) is 80.3 Å². The van der Waals surface area contributed by atoms with E-state index in [0.29, 0.717) is 0 Å². The predicted octanol–water partition coefficient (Wildman–Crippen LogP) is -2.62. The minimum atomic E-state index is -1.62. The van der Waals surface area contributed by atoms with Gasteiger partial charge >= 0.3 is 63.7 Å². The maximum absolute atomic E-state index is 8.44. The van der Waals surface area contributed by atoms with Gasteiger partial charge in [0.25, 0.3) is 0 Å². The molecule has 0 fully saturated rings. The minimum absolute atomic E-state index is 0. The molecule has 7 heavy (non-hydrogen) atoms. The molecule has 0 aliphatic rings. The molecular weight excluding hydrogens is 227 g/mol. The summed E-state index contributed by atoms with van der Waals surface area (Å²) < 4.78 is 33.8. The molecule has 0 rings (SSSR count). The van der Waals surface area contributed by atoms with E-state index < -0.39 is 31.0 Å². The number of hydrogen-bond donors (Lipinski definition) is 0. The number of hydrogen-bond acceptors (Lipinski definition) is 4. The quantitative estimate of drug-likeness (QED) is 0.453. The second-order valence-corrected chi connectivity index (χ2v) is 0.561. The summed E-state index contributed by atoms with van der Waals surface area (Å²) in [6, 6.07) is 0. The molecule has 0 aliphatic carbocycles. The second kappa shape index (κ2) is 27.5. The molecular formula is CoCr2O4. The van der Waals surface area contributed by atoms with E-state index in [2.05, 4.69) is 0 Å². The summed E-state index contributed by atoms with van der Waals surface area (Å²) in [7, 11) is 0. The molecule has 4 nitrogen and oxygen atoms in total. The van der Waals surface area contributed by atoms with Gasteiger partial charge in [0.05, 0.1) is 0 Å². The van der Waals surface area contributed by atoms with Crippen molar-refractivity contribution in [3.8, 4) is 0 Å². The Balaban J connectivity index is -0.0000000400. The first-order valence-corrected chi connectivity index (χ1v) is 2.75. The van der Waals surface area contributed by atoms with Gasteiger partial charge in [-0.25, -0.2) is 0 Å². The molecule has 0 unspecified atom stereocenters. The van der Waals surface area contributed by atoms with Gasteiger partial charge in [0, 0.05) is 0 Å². The van der Waals surface area contributed by atoms with Crippen molar-refractivity contribution in [2.24, 2.45) is 0 Å². The van der Waals surface area contributed by atoms with Crippen LogP contribution in [-0.2, 0) is 55.4 Å². The van der Waals surface area contributed by atoms with Gasteiger partial charge in [-0.05, 0) is 0 Å². The third-order valence-electron chi connectivity index (χ3n) is 0. The molecule has 0 bridgehead atoms. The van der Waals surface area contributed by atoms with Gasteiger partial charge in [-0.2, -0.15) is 0 Å². The Kier molecular flexibility index (Phi) is 61.7. The Labute approximate surface area is 63.6 Å². The molecule has 0 spiro atoms. The third kappa shape index (κ3) is 154. The molecule has 0 amide bonds. The molecule has 0 aromatic heterocycles. The normalized spacial score (nSPS) is 3.71. The van der Waals surface area contributed by atoms with Gasteiger partial charge in [0.2, 0.25) is 0 Å². The summed E-state index contributed by atoms with van der Waals surface area (Å²) >= 11 is -3.25. The molecule has 1 radical (unpaired) electrons. The average molecular weight is 227 g/mol. The van der Waals surface area contributed by atoms with Crippen molar-refractivity contribution in [1.82, 2.24) is 0 Å². The van der Waals surface area contributed by atoms with Crippen LogP contribution in [-0.4, -0.2) is 0 Å². The van der Waals surface area contributed by atoms with Crippen molar-refractivity contribution in [3.63, 3.8) is 0 Å². The van der Waals surface area contributed by atoms with Crippen LogP contribution in [0.3, 0.4) is 0 Å². The zero-order valence-corrected chi connectivity index (χ0v) is 6.37. The Bertz CT molecular complexity index is 30.7. The summed E-state index contributed by atoms with van der Waals surface area (Å²) in [4.78, 5) is 0. The summed E-state index contributed by atoms with van der Waals surface area (Å²) in [5, 5.41) is 0. The van der Waals surface area contributed by atoms with Gasteiger partial charge in [-0.3, -0.25) is 0 Å². The van der Waals surface area contributed by atoms with Gasteiger partial charge in [0.15, 0.2) is 0 Å². The fourth-order valence-electron chi connectivity index (χ4n) is 0. The Morgan fingerprint density at radius 2 is 1.00 bits per heavy atom. The van der Waals surface area contributed by atoms with Crippen molar-refractivity contribution in [2.75, 3.05) is 0 Å². The van der Waals surface area contributed by atoms with Crippen molar-refractivity contribution in [1.29, 1.82) is 0 Å². The summed E-state index contributed by atoms with van der Waals surface area (Å²) in [6.07, 6.45) is 0. The summed E-state index contributed by atoms with van der Waals surface area (Å²) in [5.74, 6) is 0. The number of rotatable bonds is 0. The van der Waals surface area contributed by atoms with Crippen LogP contribution in [0.1, 0.15) is 0 Å². The molecule has 0 N–H and O–H groups in total. The first-order chi connectivity index (χ1) is 2.83. The average Bonchev–Trinajstić information content (AvgIpc) is 1.39. The maximum atomic E-state index is 8.44. The van der Waals surface area contributed by atoms with Crippen molar-refractivity contribution >= 4 is 0 Å². The molecule has 0 atom stereocenters. The first-order valence-electron chi connectivity index (χ1n) is 0.667. The van der Waals surface area contributed by atoms with E-state index in [4.69, 9.17) is 15.9 Å². The Hall–Kier alpha value is 1.09. The fourth-order valence-corrected chi connectivity index (χ4v) is 0. The van der Waals surface area contributed by atoms with E-state index in [0.717, 1.165) is 0 Å². The summed E-state index contributed by atoms with van der Waals surface area (Å²) in [6.45, 7) is 0. The Morgan fingerprint density at radius 3 is 1.00 bits per heavy atom. The van der Waals surface area contributed by atoms with Gasteiger partial charge in [0.1, 0.15) is 0 Å². The van der Waals surface area contributed by atoms with Crippen LogP contribution in [0.25, 0.3) is 0 Å². The molecule has 0 saturated heterocycles. The SMILES string of the molecule is [Co+2].[O]=[Cr][O-].[O]=[Cr][O-]. The van der Waals surface area contributed by atoms with Gasteiger partial charge < -0.3 is 0 Å². The van der Waals surface area contributed by atoms with Crippen LogP contribution in [0.2, 0.25) is 0 Å². The van der Waals surface area contributed by atoms with Crippen LogP contribution in [0, 0.1) is 0 Å². The van der Waals surface area contributed by atoms with E-state index in [1.165, 1.54) is 0 Å². The van der Waals surface area contributed by atoms with Gasteiger partial charge in [-0.15, -0.1) is 0 Å². The molecule has 0 heterocycles. The van der Waals surface area contributed by atoms with Crippen LogP contribution in [0.15, 0.2) is 0 Å². The fraction of sp³-hybridized carbons (Fsp3) is 0. The van der Waals surface area contributed by atoms with Crippen LogP contribution in [0.5, 0.6) is 0 Å². The second-order valence-electron chi connectivity index (χ2n) is 0.136. The zero-order chi connectivity index (χ0) is 5.41. The van der Waals surface area contributed by atoms with Crippen LogP contribution >= 0.6 is 0 Å². The van der Waals surface area contributed by atoms with Crippen molar-refractivity contribution in [3.05, 3.63) is 0 Å². The van der Waals surface area contributed by atoms with E-state index in [9.17, 15) is 0 Å². The molecule has 0 aromatic carbocycles. The zero-order valence-electron chi connectivity index (χ0n) is 2.78. The van der Waals surface area contributed by atoms with E-state index in [1.54, 1.807) is 0 Å². The first kappa shape index (κ1) is 15.7. The van der Waals surface area contributed by atoms with Crippen molar-refractivity contribution < 1.29 is 63.7 Å². The molecule has 45 valence electrons. The van der Waals surface area contributed by atoms with Crippen LogP contribution in [0.4, 0.5) is 0 Å². The molecule has 0 aliphatic heterocycles. The monoisotopic (exact) mass is 227 g/mol. The molecule has 0 saturated carbocycles. The van der Waals surface area contributed by atoms with Gasteiger partial charge in [-0.1, -0.05) is 0 Å². The summed E-state index contributed by atoms with van der Waals surface area (Å²) in [5.41, 5.74) is 0. The Morgan fingerprint density at radius 1 is 1.00 bits per heavy atom. The third-order valence-corrected chi connectivity index (χ3v) is 0. The van der Waals surface area contributed by atoms with E-state index >= 15 is 0 Å². The van der Waals surface area contributed by atoms with Crippen LogP contribution < -0.4 is 8.32 Å². The molecule has 7 heteroatoms. The van der Waals surface area contributed by atoms with E-state index in [-0.39, 0.29) is 16.8 Å². The standard InChI is InChI=1S/Co.2Cr.4O/q+2;;;;;2*-1. The van der Waals surface area contributed by atoms with Crippen molar-refractivity contribution in [2.45, 2.75) is 0 Å². The van der Waals surface area contributed by atoms with E-state index in [1.807, 2.05) is 0 Å². The molecule has 0 aromatic rings.